The standard InChI is InChI=1S/C13H24N2OS/c1-17-10-6-2-5-9-15-11-14-13(12(15)16)7-3-4-8-13/h14H,2-11H2,1H3. The van der Waals surface area contributed by atoms with Crippen LogP contribution in [0.5, 0.6) is 0 Å². The molecule has 1 saturated carbocycles. The molecule has 1 saturated heterocycles. The molecule has 0 bridgehead atoms. The first-order valence-electron chi connectivity index (χ1n) is 6.82. The number of rotatable bonds is 6. The fourth-order valence-corrected chi connectivity index (χ4v) is 3.47. The Labute approximate surface area is 109 Å². The molecule has 1 heterocycles. The molecule has 98 valence electrons. The second-order valence-corrected chi connectivity index (χ2v) is 6.23. The Balaban J connectivity index is 1.71. The van der Waals surface area contributed by atoms with Crippen molar-refractivity contribution in [2.75, 3.05) is 25.2 Å². The van der Waals surface area contributed by atoms with Crippen LogP contribution in [0.3, 0.4) is 0 Å². The number of unbranched alkanes of at least 4 members (excludes halogenated alkanes) is 2. The molecule has 1 N–H and O–H groups in total. The molecule has 0 aromatic rings. The van der Waals surface area contributed by atoms with Gasteiger partial charge < -0.3 is 4.90 Å². The molecule has 1 spiro atoms. The van der Waals surface area contributed by atoms with E-state index in [0.29, 0.717) is 5.91 Å². The van der Waals surface area contributed by atoms with Crippen LogP contribution >= 0.6 is 11.8 Å². The first kappa shape index (κ1) is 13.2. The molecule has 1 amide bonds. The third-order valence-electron chi connectivity index (χ3n) is 4.04. The van der Waals surface area contributed by atoms with Gasteiger partial charge in [-0.15, -0.1) is 0 Å². The Morgan fingerprint density at radius 3 is 2.76 bits per heavy atom. The summed E-state index contributed by atoms with van der Waals surface area (Å²) in [5.41, 5.74) is -0.154. The van der Waals surface area contributed by atoms with Crippen molar-refractivity contribution >= 4 is 17.7 Å². The fraction of sp³-hybridized carbons (Fsp3) is 0.923. The van der Waals surface area contributed by atoms with Gasteiger partial charge in [-0.3, -0.25) is 10.1 Å². The second kappa shape index (κ2) is 6.10. The van der Waals surface area contributed by atoms with Gasteiger partial charge >= 0.3 is 0 Å². The lowest BCUT2D eigenvalue weighted by Crippen LogP contribution is -2.43. The monoisotopic (exact) mass is 256 g/mol. The highest BCUT2D eigenvalue weighted by Crippen LogP contribution is 2.34. The summed E-state index contributed by atoms with van der Waals surface area (Å²) in [7, 11) is 0. The molecular formula is C13H24N2OS. The van der Waals surface area contributed by atoms with Crippen molar-refractivity contribution in [3.8, 4) is 0 Å². The van der Waals surface area contributed by atoms with Crippen molar-refractivity contribution in [3.63, 3.8) is 0 Å². The van der Waals surface area contributed by atoms with Crippen molar-refractivity contribution in [1.29, 1.82) is 0 Å². The molecule has 4 heteroatoms. The van der Waals surface area contributed by atoms with Crippen LogP contribution in [0.4, 0.5) is 0 Å². The van der Waals surface area contributed by atoms with Crippen LogP contribution in [0.25, 0.3) is 0 Å². The van der Waals surface area contributed by atoms with E-state index < -0.39 is 0 Å². The quantitative estimate of drug-likeness (QED) is 0.740. The summed E-state index contributed by atoms with van der Waals surface area (Å²) in [4.78, 5) is 14.3. The van der Waals surface area contributed by atoms with Gasteiger partial charge in [0.15, 0.2) is 0 Å². The lowest BCUT2D eigenvalue weighted by atomic mass is 9.98. The van der Waals surface area contributed by atoms with Gasteiger partial charge in [-0.1, -0.05) is 19.3 Å². The minimum absolute atomic E-state index is 0.154. The van der Waals surface area contributed by atoms with Crippen molar-refractivity contribution < 1.29 is 4.79 Å². The van der Waals surface area contributed by atoms with Crippen LogP contribution in [0.2, 0.25) is 0 Å². The van der Waals surface area contributed by atoms with Gasteiger partial charge in [0.25, 0.3) is 0 Å². The van der Waals surface area contributed by atoms with Crippen LogP contribution < -0.4 is 5.32 Å². The summed E-state index contributed by atoms with van der Waals surface area (Å²) in [5, 5.41) is 3.46. The third kappa shape index (κ3) is 2.97. The molecule has 0 aromatic heterocycles. The van der Waals surface area contributed by atoms with Crippen molar-refractivity contribution in [2.24, 2.45) is 0 Å². The minimum Gasteiger partial charge on any atom is -0.328 e. The molecule has 1 aliphatic heterocycles. The topological polar surface area (TPSA) is 32.3 Å². The van der Waals surface area contributed by atoms with Gasteiger partial charge in [0, 0.05) is 6.54 Å². The number of hydrogen-bond donors (Lipinski definition) is 1. The normalized spacial score (nSPS) is 22.9. The Bertz CT molecular complexity index is 264. The van der Waals surface area contributed by atoms with E-state index in [1.165, 1.54) is 31.4 Å². The average Bonchev–Trinajstić information content (AvgIpc) is 2.92. The van der Waals surface area contributed by atoms with Crippen LogP contribution in [0.1, 0.15) is 44.9 Å². The summed E-state index contributed by atoms with van der Waals surface area (Å²) in [5.74, 6) is 1.62. The molecule has 0 unspecified atom stereocenters. The maximum Gasteiger partial charge on any atom is 0.243 e. The van der Waals surface area contributed by atoms with Crippen molar-refractivity contribution in [3.05, 3.63) is 0 Å². The van der Waals surface area contributed by atoms with E-state index in [1.54, 1.807) is 0 Å². The van der Waals surface area contributed by atoms with Gasteiger partial charge in [-0.2, -0.15) is 11.8 Å². The zero-order chi connectivity index (χ0) is 12.1. The number of nitrogens with one attached hydrogen (secondary N) is 1. The zero-order valence-electron chi connectivity index (χ0n) is 10.8. The molecule has 2 rings (SSSR count). The highest BCUT2D eigenvalue weighted by molar-refractivity contribution is 7.98. The smallest absolute Gasteiger partial charge is 0.243 e. The number of amides is 1. The summed E-state index contributed by atoms with van der Waals surface area (Å²) in [6, 6.07) is 0. The predicted molar refractivity (Wildman–Crippen MR) is 73.1 cm³/mol. The SMILES string of the molecule is CSCCCCCN1CNC2(CCCC2)C1=O. The Kier molecular flexibility index (Phi) is 4.74. The van der Waals surface area contributed by atoms with Crippen LogP contribution in [-0.2, 0) is 4.79 Å². The van der Waals surface area contributed by atoms with Gasteiger partial charge in [0.05, 0.1) is 12.2 Å². The highest BCUT2D eigenvalue weighted by atomic mass is 32.2. The van der Waals surface area contributed by atoms with E-state index in [9.17, 15) is 4.79 Å². The number of carbonyl (C=O) groups is 1. The zero-order valence-corrected chi connectivity index (χ0v) is 11.7. The van der Waals surface area contributed by atoms with E-state index in [4.69, 9.17) is 0 Å². The lowest BCUT2D eigenvalue weighted by Gasteiger charge is -2.21. The molecule has 17 heavy (non-hydrogen) atoms. The van der Waals surface area contributed by atoms with Crippen LogP contribution in [-0.4, -0.2) is 41.6 Å². The molecule has 2 aliphatic rings. The van der Waals surface area contributed by atoms with Gasteiger partial charge in [-0.25, -0.2) is 0 Å². The minimum atomic E-state index is -0.154. The Morgan fingerprint density at radius 1 is 1.29 bits per heavy atom. The maximum absolute atomic E-state index is 12.3. The summed E-state index contributed by atoms with van der Waals surface area (Å²) < 4.78 is 0. The number of nitrogens with zero attached hydrogens (tertiary/aromatic N) is 1. The van der Waals surface area contributed by atoms with E-state index in [0.717, 1.165) is 32.5 Å². The largest absolute Gasteiger partial charge is 0.328 e. The summed E-state index contributed by atoms with van der Waals surface area (Å²) in [6.45, 7) is 1.73. The summed E-state index contributed by atoms with van der Waals surface area (Å²) in [6.07, 6.45) is 10.4. The maximum atomic E-state index is 12.3. The van der Waals surface area contributed by atoms with Gasteiger partial charge in [0.2, 0.25) is 5.91 Å². The molecule has 0 atom stereocenters. The van der Waals surface area contributed by atoms with E-state index in [-0.39, 0.29) is 5.54 Å². The molecule has 3 nitrogen and oxygen atoms in total. The van der Waals surface area contributed by atoms with Crippen molar-refractivity contribution in [2.45, 2.75) is 50.5 Å². The Morgan fingerprint density at radius 2 is 2.06 bits per heavy atom. The van der Waals surface area contributed by atoms with E-state index in [1.807, 2.05) is 16.7 Å². The van der Waals surface area contributed by atoms with Crippen LogP contribution in [0.15, 0.2) is 0 Å². The number of thioether (sulfide) groups is 1. The Hall–Kier alpha value is -0.220. The first-order chi connectivity index (χ1) is 8.28. The molecule has 1 aliphatic carbocycles. The fourth-order valence-electron chi connectivity index (χ4n) is 2.97. The highest BCUT2D eigenvalue weighted by Gasteiger charge is 2.47. The number of hydrogen-bond acceptors (Lipinski definition) is 3. The first-order valence-corrected chi connectivity index (χ1v) is 8.21. The van der Waals surface area contributed by atoms with Crippen molar-refractivity contribution in [1.82, 2.24) is 10.2 Å². The van der Waals surface area contributed by atoms with Gasteiger partial charge in [0.1, 0.15) is 0 Å². The van der Waals surface area contributed by atoms with Crippen LogP contribution in [0, 0.1) is 0 Å². The molecular weight excluding hydrogens is 232 g/mol. The summed E-state index contributed by atoms with van der Waals surface area (Å²) >= 11 is 1.91. The number of carbonyl (C=O) groups excluding carboxylic acids is 1. The second-order valence-electron chi connectivity index (χ2n) is 5.25. The lowest BCUT2D eigenvalue weighted by molar-refractivity contribution is -0.132. The molecule has 0 aromatic carbocycles. The van der Waals surface area contributed by atoms with E-state index in [2.05, 4.69) is 11.6 Å². The van der Waals surface area contributed by atoms with Gasteiger partial charge in [-0.05, 0) is 37.7 Å². The molecule has 2 fully saturated rings. The predicted octanol–water partition coefficient (Wildman–Crippen LogP) is 2.22. The average molecular weight is 256 g/mol. The molecule has 0 radical (unpaired) electrons. The third-order valence-corrected chi connectivity index (χ3v) is 4.74. The van der Waals surface area contributed by atoms with E-state index >= 15 is 0 Å².